The first kappa shape index (κ1) is 17.0. The first-order valence-corrected chi connectivity index (χ1v) is 8.24. The molecule has 1 aliphatic rings. The van der Waals surface area contributed by atoms with E-state index in [9.17, 15) is 9.90 Å². The summed E-state index contributed by atoms with van der Waals surface area (Å²) in [6, 6.07) is 11.9. The first-order chi connectivity index (χ1) is 11.7. The van der Waals surface area contributed by atoms with Crippen molar-refractivity contribution in [2.45, 2.75) is 32.7 Å². The summed E-state index contributed by atoms with van der Waals surface area (Å²) in [5.41, 5.74) is 9.90. The topological polar surface area (TPSA) is 78.9 Å². The molecular formula is C20H23N3O2. The first-order valence-electron chi connectivity index (χ1n) is 8.24. The van der Waals surface area contributed by atoms with Crippen molar-refractivity contribution in [3.8, 4) is 16.9 Å². The van der Waals surface area contributed by atoms with E-state index in [0.29, 0.717) is 5.75 Å². The van der Waals surface area contributed by atoms with E-state index in [4.69, 9.17) is 5.73 Å². The molecule has 2 aromatic rings. The van der Waals surface area contributed by atoms with Gasteiger partial charge in [0.05, 0.1) is 12.0 Å². The molecular weight excluding hydrogens is 314 g/mol. The quantitative estimate of drug-likeness (QED) is 0.884. The van der Waals surface area contributed by atoms with Crippen molar-refractivity contribution in [1.29, 1.82) is 0 Å². The zero-order chi connectivity index (χ0) is 18.4. The number of hydrogen-bond acceptors (Lipinski definition) is 4. The molecule has 5 heteroatoms. The second-order valence-electron chi connectivity index (χ2n) is 6.91. The van der Waals surface area contributed by atoms with Gasteiger partial charge < -0.3 is 10.8 Å². The number of aromatic hydroxyl groups is 1. The van der Waals surface area contributed by atoms with Gasteiger partial charge in [-0.2, -0.15) is 0 Å². The Balaban J connectivity index is 2.07. The fourth-order valence-electron chi connectivity index (χ4n) is 3.23. The van der Waals surface area contributed by atoms with Crippen LogP contribution in [-0.4, -0.2) is 28.9 Å². The minimum atomic E-state index is -0.676. The van der Waals surface area contributed by atoms with Crippen LogP contribution < -0.4 is 5.73 Å². The fourth-order valence-corrected chi connectivity index (χ4v) is 3.23. The SMILES string of the molecule is Cc1cc(-c2cccc(C3(C)CC(=O)N(C)C(N)=N3)c2)cc(C)c1O. The monoisotopic (exact) mass is 337 g/mol. The highest BCUT2D eigenvalue weighted by molar-refractivity contribution is 5.98. The van der Waals surface area contributed by atoms with Crippen molar-refractivity contribution in [3.63, 3.8) is 0 Å². The maximum absolute atomic E-state index is 12.2. The summed E-state index contributed by atoms with van der Waals surface area (Å²) in [6.45, 7) is 5.70. The van der Waals surface area contributed by atoms with Crippen LogP contribution in [0.4, 0.5) is 0 Å². The Morgan fingerprint density at radius 2 is 1.80 bits per heavy atom. The van der Waals surface area contributed by atoms with Gasteiger partial charge in [-0.05, 0) is 66.8 Å². The number of carbonyl (C=O) groups is 1. The number of benzene rings is 2. The van der Waals surface area contributed by atoms with Gasteiger partial charge in [-0.3, -0.25) is 9.69 Å². The van der Waals surface area contributed by atoms with E-state index >= 15 is 0 Å². The molecule has 25 heavy (non-hydrogen) atoms. The number of aliphatic imine (C=N–C) groups is 1. The Hall–Kier alpha value is -2.82. The third kappa shape index (κ3) is 2.97. The number of phenolic OH excluding ortho intramolecular Hbond substituents is 1. The Bertz CT molecular complexity index is 865. The summed E-state index contributed by atoms with van der Waals surface area (Å²) in [4.78, 5) is 18.2. The lowest BCUT2D eigenvalue weighted by Gasteiger charge is -2.33. The Morgan fingerprint density at radius 1 is 1.16 bits per heavy atom. The molecule has 0 bridgehead atoms. The van der Waals surface area contributed by atoms with Crippen molar-refractivity contribution in [2.75, 3.05) is 7.05 Å². The number of amides is 1. The number of phenols is 1. The molecule has 1 amide bonds. The van der Waals surface area contributed by atoms with Gasteiger partial charge in [0.15, 0.2) is 5.96 Å². The number of guanidine groups is 1. The van der Waals surface area contributed by atoms with Gasteiger partial charge in [-0.15, -0.1) is 0 Å². The van der Waals surface area contributed by atoms with Crippen LogP contribution in [0.2, 0.25) is 0 Å². The summed E-state index contributed by atoms with van der Waals surface area (Å²) in [6.07, 6.45) is 0.279. The van der Waals surface area contributed by atoms with E-state index in [-0.39, 0.29) is 18.3 Å². The Labute approximate surface area is 147 Å². The highest BCUT2D eigenvalue weighted by Gasteiger charge is 2.36. The fraction of sp³-hybridized carbons (Fsp3) is 0.300. The van der Waals surface area contributed by atoms with Gasteiger partial charge in [0.25, 0.3) is 0 Å². The van der Waals surface area contributed by atoms with Crippen molar-refractivity contribution >= 4 is 11.9 Å². The molecule has 1 heterocycles. The molecule has 0 aromatic heterocycles. The number of hydrogen-bond donors (Lipinski definition) is 2. The highest BCUT2D eigenvalue weighted by Crippen LogP contribution is 2.36. The molecule has 1 aliphatic heterocycles. The molecule has 3 N–H and O–H groups in total. The van der Waals surface area contributed by atoms with Crippen LogP contribution in [0.5, 0.6) is 5.75 Å². The Morgan fingerprint density at radius 3 is 2.40 bits per heavy atom. The molecule has 0 radical (unpaired) electrons. The van der Waals surface area contributed by atoms with E-state index in [0.717, 1.165) is 27.8 Å². The minimum Gasteiger partial charge on any atom is -0.507 e. The van der Waals surface area contributed by atoms with Crippen LogP contribution in [0.3, 0.4) is 0 Å². The molecule has 0 saturated heterocycles. The van der Waals surface area contributed by atoms with Crippen LogP contribution in [0.1, 0.15) is 30.0 Å². The largest absolute Gasteiger partial charge is 0.507 e. The second kappa shape index (κ2) is 5.92. The molecule has 0 aliphatic carbocycles. The number of rotatable bonds is 2. The number of nitrogens with two attached hydrogens (primary N) is 1. The van der Waals surface area contributed by atoms with Gasteiger partial charge in [-0.1, -0.05) is 18.2 Å². The van der Waals surface area contributed by atoms with Crippen LogP contribution >= 0.6 is 0 Å². The standard InChI is InChI=1S/C20H23N3O2/c1-12-8-15(9-13(2)18(12)25)14-6-5-7-16(10-14)20(3)11-17(24)23(4)19(21)22-20/h5-10,25H,11H2,1-4H3,(H2,21,22). The van der Waals surface area contributed by atoms with Crippen LogP contribution in [0.25, 0.3) is 11.1 Å². The maximum atomic E-state index is 12.2. The van der Waals surface area contributed by atoms with E-state index in [1.165, 1.54) is 4.90 Å². The number of aryl methyl sites for hydroxylation is 2. The average molecular weight is 337 g/mol. The average Bonchev–Trinajstić information content (AvgIpc) is 2.57. The second-order valence-corrected chi connectivity index (χ2v) is 6.91. The van der Waals surface area contributed by atoms with Crippen molar-refractivity contribution in [3.05, 3.63) is 53.1 Å². The number of carbonyl (C=O) groups excluding carboxylic acids is 1. The normalized spacial score (nSPS) is 20.6. The van der Waals surface area contributed by atoms with Gasteiger partial charge in [0.1, 0.15) is 5.75 Å². The summed E-state index contributed by atoms with van der Waals surface area (Å²) >= 11 is 0. The smallest absolute Gasteiger partial charge is 0.231 e. The van der Waals surface area contributed by atoms with E-state index in [1.807, 2.05) is 57.2 Å². The van der Waals surface area contributed by atoms with Crippen LogP contribution in [-0.2, 0) is 10.3 Å². The van der Waals surface area contributed by atoms with Crippen molar-refractivity contribution in [1.82, 2.24) is 4.90 Å². The molecule has 1 atom stereocenters. The molecule has 2 aromatic carbocycles. The lowest BCUT2D eigenvalue weighted by molar-refractivity contribution is -0.128. The minimum absolute atomic E-state index is 0.0447. The van der Waals surface area contributed by atoms with Gasteiger partial charge >= 0.3 is 0 Å². The molecule has 1 unspecified atom stereocenters. The van der Waals surface area contributed by atoms with Crippen molar-refractivity contribution < 1.29 is 9.90 Å². The van der Waals surface area contributed by atoms with Gasteiger partial charge in [-0.25, -0.2) is 4.99 Å². The molecule has 130 valence electrons. The summed E-state index contributed by atoms with van der Waals surface area (Å²) in [5.74, 6) is 0.516. The van der Waals surface area contributed by atoms with E-state index in [1.54, 1.807) is 7.05 Å². The van der Waals surface area contributed by atoms with E-state index < -0.39 is 5.54 Å². The molecule has 0 spiro atoms. The summed E-state index contributed by atoms with van der Waals surface area (Å²) < 4.78 is 0. The third-order valence-corrected chi connectivity index (χ3v) is 4.88. The zero-order valence-corrected chi connectivity index (χ0v) is 15.0. The Kier molecular flexibility index (Phi) is 4.03. The zero-order valence-electron chi connectivity index (χ0n) is 15.0. The molecule has 0 saturated carbocycles. The molecule has 0 fully saturated rings. The third-order valence-electron chi connectivity index (χ3n) is 4.88. The van der Waals surface area contributed by atoms with Crippen LogP contribution in [0, 0.1) is 13.8 Å². The lowest BCUT2D eigenvalue weighted by Crippen LogP contribution is -2.47. The maximum Gasteiger partial charge on any atom is 0.231 e. The van der Waals surface area contributed by atoms with Crippen LogP contribution in [0.15, 0.2) is 41.4 Å². The predicted molar refractivity (Wildman–Crippen MR) is 99.4 cm³/mol. The molecule has 3 rings (SSSR count). The van der Waals surface area contributed by atoms with Gasteiger partial charge in [0.2, 0.25) is 5.91 Å². The van der Waals surface area contributed by atoms with Gasteiger partial charge in [0, 0.05) is 7.05 Å². The molecule has 5 nitrogen and oxygen atoms in total. The summed E-state index contributed by atoms with van der Waals surface area (Å²) in [5, 5.41) is 9.99. The summed E-state index contributed by atoms with van der Waals surface area (Å²) in [7, 11) is 1.64. The number of nitrogens with zero attached hydrogens (tertiary/aromatic N) is 2. The highest BCUT2D eigenvalue weighted by atomic mass is 16.3. The lowest BCUT2D eigenvalue weighted by atomic mass is 9.85. The van der Waals surface area contributed by atoms with Crippen molar-refractivity contribution in [2.24, 2.45) is 10.7 Å². The predicted octanol–water partition coefficient (Wildman–Crippen LogP) is 3.07. The van der Waals surface area contributed by atoms with E-state index in [2.05, 4.69) is 4.99 Å².